The molecule has 0 atom stereocenters. The second kappa shape index (κ2) is 8.16. The van der Waals surface area contributed by atoms with Crippen molar-refractivity contribution in [2.75, 3.05) is 18.4 Å². The number of aryl methyl sites for hydroxylation is 1. The van der Waals surface area contributed by atoms with Crippen molar-refractivity contribution in [3.8, 4) is 0 Å². The van der Waals surface area contributed by atoms with Gasteiger partial charge in [-0.25, -0.2) is 8.42 Å². The van der Waals surface area contributed by atoms with E-state index in [1.165, 1.54) is 23.5 Å². The van der Waals surface area contributed by atoms with Crippen LogP contribution in [0.25, 0.3) is 0 Å². The summed E-state index contributed by atoms with van der Waals surface area (Å²) < 4.78 is 27.3. The molecule has 0 bridgehead atoms. The van der Waals surface area contributed by atoms with E-state index in [0.29, 0.717) is 17.8 Å². The number of carbonyl (C=O) groups excluding carboxylic acids is 1. The van der Waals surface area contributed by atoms with Crippen molar-refractivity contribution >= 4 is 33.0 Å². The zero-order valence-corrected chi connectivity index (χ0v) is 17.6. The number of thiophene rings is 1. The number of sulfonamides is 1. The van der Waals surface area contributed by atoms with Gasteiger partial charge in [0.2, 0.25) is 0 Å². The van der Waals surface area contributed by atoms with Crippen LogP contribution in [0.5, 0.6) is 0 Å². The molecule has 0 aliphatic rings. The molecule has 2 aromatic carbocycles. The molecule has 0 radical (unpaired) electrons. The molecule has 0 saturated carbocycles. The van der Waals surface area contributed by atoms with Crippen LogP contribution in [0.4, 0.5) is 5.69 Å². The normalized spacial score (nSPS) is 11.2. The van der Waals surface area contributed by atoms with Crippen LogP contribution in [0.2, 0.25) is 0 Å². The molecule has 3 rings (SSSR count). The number of hydrogen-bond donors (Lipinski definition) is 0. The zero-order valence-electron chi connectivity index (χ0n) is 16.0. The molecule has 0 saturated heterocycles. The second-order valence-electron chi connectivity index (χ2n) is 6.58. The van der Waals surface area contributed by atoms with Crippen LogP contribution in [0.1, 0.15) is 20.8 Å². The van der Waals surface area contributed by atoms with Gasteiger partial charge in [-0.15, -0.1) is 11.3 Å². The first kappa shape index (κ1) is 20.1. The fourth-order valence-corrected chi connectivity index (χ4v) is 4.83. The molecular weight excluding hydrogens is 392 g/mol. The number of carbonyl (C=O) groups is 1. The van der Waals surface area contributed by atoms with Crippen molar-refractivity contribution in [3.05, 3.63) is 82.0 Å². The Labute approximate surface area is 169 Å². The Morgan fingerprint density at radius 1 is 1.00 bits per heavy atom. The summed E-state index contributed by atoms with van der Waals surface area (Å²) >= 11 is 1.58. The summed E-state index contributed by atoms with van der Waals surface area (Å²) in [6, 6.07) is 17.4. The molecule has 0 aliphatic heterocycles. The molecule has 0 aliphatic carbocycles. The zero-order chi connectivity index (χ0) is 20.3. The van der Waals surface area contributed by atoms with Crippen LogP contribution in [0.3, 0.4) is 0 Å². The maximum Gasteiger partial charge on any atom is 0.264 e. The van der Waals surface area contributed by atoms with Crippen molar-refractivity contribution in [1.29, 1.82) is 0 Å². The minimum Gasteiger partial charge on any atom is -0.337 e. The van der Waals surface area contributed by atoms with E-state index in [0.717, 1.165) is 10.4 Å². The lowest BCUT2D eigenvalue weighted by Gasteiger charge is -2.21. The Hall–Kier alpha value is -2.64. The smallest absolute Gasteiger partial charge is 0.264 e. The van der Waals surface area contributed by atoms with Gasteiger partial charge in [0.05, 0.1) is 17.1 Å². The first-order chi connectivity index (χ1) is 13.3. The Bertz CT molecular complexity index is 1080. The van der Waals surface area contributed by atoms with Gasteiger partial charge in [0, 0.05) is 24.5 Å². The Morgan fingerprint density at radius 2 is 1.75 bits per heavy atom. The summed E-state index contributed by atoms with van der Waals surface area (Å²) in [7, 11) is -0.550. The predicted molar refractivity (Wildman–Crippen MR) is 113 cm³/mol. The largest absolute Gasteiger partial charge is 0.337 e. The van der Waals surface area contributed by atoms with Crippen LogP contribution >= 0.6 is 11.3 Å². The standard InChI is InChI=1S/C21H22N2O3S2/c1-16-7-4-9-18(13-16)23(3)28(25,26)20-11-5-8-17(14-20)21(24)22(2)15-19-10-6-12-27-19/h4-14H,15H2,1-3H3. The molecule has 1 aromatic heterocycles. The Morgan fingerprint density at radius 3 is 2.43 bits per heavy atom. The average molecular weight is 415 g/mol. The van der Waals surface area contributed by atoms with Crippen LogP contribution in [-0.4, -0.2) is 33.3 Å². The maximum absolute atomic E-state index is 13.0. The maximum atomic E-state index is 13.0. The summed E-state index contributed by atoms with van der Waals surface area (Å²) in [5.74, 6) is -0.219. The van der Waals surface area contributed by atoms with Crippen molar-refractivity contribution in [3.63, 3.8) is 0 Å². The highest BCUT2D eigenvalue weighted by Gasteiger charge is 2.23. The summed E-state index contributed by atoms with van der Waals surface area (Å²) in [5.41, 5.74) is 1.89. The van der Waals surface area contributed by atoms with Gasteiger partial charge in [-0.3, -0.25) is 9.10 Å². The second-order valence-corrected chi connectivity index (χ2v) is 9.58. The van der Waals surface area contributed by atoms with Crippen LogP contribution < -0.4 is 4.31 Å². The topological polar surface area (TPSA) is 57.7 Å². The predicted octanol–water partition coefficient (Wildman–Crippen LogP) is 4.15. The lowest BCUT2D eigenvalue weighted by Crippen LogP contribution is -2.28. The lowest BCUT2D eigenvalue weighted by molar-refractivity contribution is 0.0786. The van der Waals surface area contributed by atoms with Gasteiger partial charge in [0.25, 0.3) is 15.9 Å². The first-order valence-corrected chi connectivity index (χ1v) is 11.0. The van der Waals surface area contributed by atoms with Crippen LogP contribution in [0, 0.1) is 6.92 Å². The highest BCUT2D eigenvalue weighted by molar-refractivity contribution is 7.92. The van der Waals surface area contributed by atoms with Crippen LogP contribution in [0.15, 0.2) is 70.9 Å². The minimum absolute atomic E-state index is 0.0897. The summed E-state index contributed by atoms with van der Waals surface area (Å²) in [6.45, 7) is 2.39. The quantitative estimate of drug-likeness (QED) is 0.609. The van der Waals surface area contributed by atoms with E-state index in [1.807, 2.05) is 36.6 Å². The van der Waals surface area contributed by atoms with E-state index >= 15 is 0 Å². The highest BCUT2D eigenvalue weighted by atomic mass is 32.2. The molecular formula is C21H22N2O3S2. The summed E-state index contributed by atoms with van der Waals surface area (Å²) in [6.07, 6.45) is 0. The fourth-order valence-electron chi connectivity index (χ4n) is 2.84. The minimum atomic E-state index is -3.78. The number of benzene rings is 2. The van der Waals surface area contributed by atoms with E-state index in [4.69, 9.17) is 0 Å². The molecule has 1 heterocycles. The third-order valence-electron chi connectivity index (χ3n) is 4.42. The van der Waals surface area contributed by atoms with E-state index in [2.05, 4.69) is 0 Å². The van der Waals surface area contributed by atoms with Gasteiger partial charge in [-0.1, -0.05) is 24.3 Å². The van der Waals surface area contributed by atoms with Crippen molar-refractivity contribution in [1.82, 2.24) is 4.90 Å². The first-order valence-electron chi connectivity index (χ1n) is 8.72. The van der Waals surface area contributed by atoms with Crippen molar-refractivity contribution in [2.45, 2.75) is 18.4 Å². The molecule has 7 heteroatoms. The molecule has 0 N–H and O–H groups in total. The molecule has 0 unspecified atom stereocenters. The van der Waals surface area contributed by atoms with E-state index in [-0.39, 0.29) is 10.8 Å². The van der Waals surface area contributed by atoms with Crippen LogP contribution in [-0.2, 0) is 16.6 Å². The fraction of sp³-hybridized carbons (Fsp3) is 0.190. The third-order valence-corrected chi connectivity index (χ3v) is 7.07. The molecule has 0 fully saturated rings. The number of anilines is 1. The SMILES string of the molecule is Cc1cccc(N(C)S(=O)(=O)c2cccc(C(=O)N(C)Cc3cccs3)c2)c1. The van der Waals surface area contributed by atoms with Crippen molar-refractivity contribution < 1.29 is 13.2 Å². The van der Waals surface area contributed by atoms with Gasteiger partial charge >= 0.3 is 0 Å². The van der Waals surface area contributed by atoms with E-state index in [1.54, 1.807) is 47.5 Å². The highest BCUT2D eigenvalue weighted by Crippen LogP contribution is 2.24. The number of nitrogens with zero attached hydrogens (tertiary/aromatic N) is 2. The van der Waals surface area contributed by atoms with Gasteiger partial charge in [-0.2, -0.15) is 0 Å². The molecule has 0 spiro atoms. The number of hydrogen-bond acceptors (Lipinski definition) is 4. The van der Waals surface area contributed by atoms with Gasteiger partial charge in [-0.05, 0) is 54.3 Å². The third kappa shape index (κ3) is 4.26. The van der Waals surface area contributed by atoms with E-state index < -0.39 is 10.0 Å². The number of rotatable bonds is 6. The van der Waals surface area contributed by atoms with E-state index in [9.17, 15) is 13.2 Å². The molecule has 1 amide bonds. The Kier molecular flexibility index (Phi) is 5.86. The molecule has 5 nitrogen and oxygen atoms in total. The monoisotopic (exact) mass is 414 g/mol. The van der Waals surface area contributed by atoms with Gasteiger partial charge in [0.15, 0.2) is 0 Å². The van der Waals surface area contributed by atoms with Gasteiger partial charge in [0.1, 0.15) is 0 Å². The summed E-state index contributed by atoms with van der Waals surface area (Å²) in [4.78, 5) is 15.5. The molecule has 28 heavy (non-hydrogen) atoms. The molecule has 146 valence electrons. The van der Waals surface area contributed by atoms with Crippen molar-refractivity contribution in [2.24, 2.45) is 0 Å². The molecule has 3 aromatic rings. The Balaban J connectivity index is 1.86. The average Bonchev–Trinajstić information content (AvgIpc) is 3.19. The number of amides is 1. The summed E-state index contributed by atoms with van der Waals surface area (Å²) in [5, 5.41) is 1.96. The van der Waals surface area contributed by atoms with Gasteiger partial charge < -0.3 is 4.90 Å². The lowest BCUT2D eigenvalue weighted by atomic mass is 10.2.